The average molecular weight is 601 g/mol. The summed E-state index contributed by atoms with van der Waals surface area (Å²) in [6.07, 6.45) is 2.93. The zero-order chi connectivity index (χ0) is 29.9. The Kier molecular flexibility index (Phi) is 8.23. The third-order valence-corrected chi connectivity index (χ3v) is 9.49. The van der Waals surface area contributed by atoms with Crippen molar-refractivity contribution >= 4 is 58.5 Å². The van der Waals surface area contributed by atoms with E-state index in [1.165, 1.54) is 4.90 Å². The van der Waals surface area contributed by atoms with E-state index in [0.717, 1.165) is 12.8 Å². The number of hydrogen-bond acceptors (Lipinski definition) is 6. The minimum atomic E-state index is -1.22. The molecule has 6 atom stereocenters. The van der Waals surface area contributed by atoms with Gasteiger partial charge in [-0.25, -0.2) is 4.79 Å². The highest BCUT2D eigenvalue weighted by atomic mass is 35.5. The fourth-order valence-corrected chi connectivity index (χ4v) is 6.50. The van der Waals surface area contributed by atoms with Crippen LogP contribution in [0.1, 0.15) is 60.3 Å². The van der Waals surface area contributed by atoms with Crippen molar-refractivity contribution < 1.29 is 28.8 Å². The molecule has 5 amide bonds. The molecule has 5 N–H and O–H groups in total. The summed E-state index contributed by atoms with van der Waals surface area (Å²) < 4.78 is -1.22. The van der Waals surface area contributed by atoms with Crippen LogP contribution < -0.4 is 21.7 Å². The Morgan fingerprint density at radius 3 is 2.02 bits per heavy atom. The zero-order valence-corrected chi connectivity index (χ0v) is 25.0. The molecule has 0 spiro atoms. The van der Waals surface area contributed by atoms with E-state index in [1.54, 1.807) is 20.8 Å². The van der Waals surface area contributed by atoms with Gasteiger partial charge in [0.05, 0.1) is 6.04 Å². The maximum Gasteiger partial charge on any atom is 0.316 e. The number of hydrogen-bond donors (Lipinski definition) is 4. The summed E-state index contributed by atoms with van der Waals surface area (Å²) in [5, 5.41) is 8.11. The predicted octanol–water partition coefficient (Wildman–Crippen LogP) is 1.28. The Morgan fingerprint density at radius 1 is 0.950 bits per heavy atom. The second kappa shape index (κ2) is 10.8. The molecular formula is C27H39Cl2N5O6. The number of primary amides is 1. The summed E-state index contributed by atoms with van der Waals surface area (Å²) in [7, 11) is 0. The normalized spacial score (nSPS) is 27.2. The third kappa shape index (κ3) is 6.10. The minimum absolute atomic E-state index is 0.0172. The average Bonchev–Trinajstić information content (AvgIpc) is 3.77. The van der Waals surface area contributed by atoms with Gasteiger partial charge < -0.3 is 26.6 Å². The molecule has 0 bridgehead atoms. The highest BCUT2D eigenvalue weighted by Gasteiger charge is 2.74. The number of halogens is 2. The monoisotopic (exact) mass is 599 g/mol. The van der Waals surface area contributed by atoms with Crippen molar-refractivity contribution in [3.8, 4) is 0 Å². The Balaban J connectivity index is 1.52. The fraction of sp³-hybridized carbons (Fsp3) is 0.778. The molecule has 13 heteroatoms. The minimum Gasteiger partial charge on any atom is -0.363 e. The van der Waals surface area contributed by atoms with E-state index in [-0.39, 0.29) is 36.0 Å². The van der Waals surface area contributed by atoms with Crippen LogP contribution in [0.15, 0.2) is 0 Å². The summed E-state index contributed by atoms with van der Waals surface area (Å²) in [5.41, 5.74) is 4.43. The van der Waals surface area contributed by atoms with Gasteiger partial charge in [-0.3, -0.25) is 24.0 Å². The van der Waals surface area contributed by atoms with Crippen molar-refractivity contribution in [2.45, 2.75) is 88.8 Å². The molecule has 4 rings (SSSR count). The molecule has 1 unspecified atom stereocenters. The molecule has 0 aromatic rings. The van der Waals surface area contributed by atoms with E-state index in [0.29, 0.717) is 12.8 Å². The lowest BCUT2D eigenvalue weighted by atomic mass is 9.85. The first kappa shape index (κ1) is 30.6. The highest BCUT2D eigenvalue weighted by Crippen LogP contribution is 2.65. The number of Topliss-reactive ketones (excluding diaryl/α,β-unsaturated/α-hetero) is 2. The Labute approximate surface area is 244 Å². The number of alkyl halides is 2. The van der Waals surface area contributed by atoms with Gasteiger partial charge in [-0.1, -0.05) is 34.6 Å². The van der Waals surface area contributed by atoms with Gasteiger partial charge >= 0.3 is 6.03 Å². The van der Waals surface area contributed by atoms with Gasteiger partial charge in [0.2, 0.25) is 17.6 Å². The first-order valence-corrected chi connectivity index (χ1v) is 14.7. The molecule has 222 valence electrons. The van der Waals surface area contributed by atoms with E-state index in [2.05, 4.69) is 16.0 Å². The van der Waals surface area contributed by atoms with Crippen LogP contribution in [0.25, 0.3) is 0 Å². The molecule has 3 saturated carbocycles. The third-order valence-electron chi connectivity index (χ3n) is 8.43. The van der Waals surface area contributed by atoms with Crippen LogP contribution in [0.4, 0.5) is 4.79 Å². The van der Waals surface area contributed by atoms with Crippen molar-refractivity contribution in [1.82, 2.24) is 20.9 Å². The van der Waals surface area contributed by atoms with Crippen LogP contribution in [-0.2, 0) is 24.0 Å². The lowest BCUT2D eigenvalue weighted by Gasteiger charge is -2.37. The summed E-state index contributed by atoms with van der Waals surface area (Å²) in [4.78, 5) is 78.7. The van der Waals surface area contributed by atoms with Crippen molar-refractivity contribution in [1.29, 1.82) is 0 Å². The van der Waals surface area contributed by atoms with E-state index < -0.39 is 69.4 Å². The Bertz CT molecular complexity index is 1110. The van der Waals surface area contributed by atoms with Gasteiger partial charge in [0.15, 0.2) is 5.78 Å². The number of carbonyl (C=O) groups excluding carboxylic acids is 6. The number of piperidine rings is 1. The van der Waals surface area contributed by atoms with Gasteiger partial charge in [0.25, 0.3) is 5.91 Å². The van der Waals surface area contributed by atoms with Crippen LogP contribution in [0, 0.1) is 35.0 Å². The Morgan fingerprint density at radius 2 is 1.55 bits per heavy atom. The van der Waals surface area contributed by atoms with Crippen molar-refractivity contribution in [2.24, 2.45) is 40.7 Å². The molecule has 4 aliphatic rings. The van der Waals surface area contributed by atoms with E-state index in [9.17, 15) is 28.8 Å². The molecule has 1 heterocycles. The van der Waals surface area contributed by atoms with Gasteiger partial charge in [-0.2, -0.15) is 0 Å². The van der Waals surface area contributed by atoms with E-state index in [1.807, 2.05) is 13.8 Å². The quantitative estimate of drug-likeness (QED) is 0.206. The SMILES string of the molecule is CC(C)[C@H](NC(=O)N[C@H](C(=O)N1C[C@H]2[C@@H]([C@H]1C(=O)NC(C(=O)C(N)=O)C1CC1)C2(Cl)Cl)C(C)(C)C)C(=O)C1CC1. The van der Waals surface area contributed by atoms with Crippen LogP contribution in [0.5, 0.6) is 0 Å². The first-order chi connectivity index (χ1) is 18.5. The smallest absolute Gasteiger partial charge is 0.316 e. The molecule has 3 aliphatic carbocycles. The zero-order valence-electron chi connectivity index (χ0n) is 23.5. The summed E-state index contributed by atoms with van der Waals surface area (Å²) in [6.45, 7) is 9.10. The van der Waals surface area contributed by atoms with E-state index in [4.69, 9.17) is 28.9 Å². The molecule has 40 heavy (non-hydrogen) atoms. The Hall–Kier alpha value is -2.40. The van der Waals surface area contributed by atoms with Crippen molar-refractivity contribution in [2.75, 3.05) is 6.54 Å². The summed E-state index contributed by atoms with van der Waals surface area (Å²) >= 11 is 12.9. The second-order valence-corrected chi connectivity index (χ2v) is 14.6. The molecule has 1 saturated heterocycles. The van der Waals surface area contributed by atoms with Crippen LogP contribution >= 0.6 is 23.2 Å². The lowest BCUT2D eigenvalue weighted by molar-refractivity contribution is -0.144. The lowest BCUT2D eigenvalue weighted by Crippen LogP contribution is -2.62. The topological polar surface area (TPSA) is 168 Å². The maximum absolute atomic E-state index is 14.0. The number of urea groups is 1. The number of nitrogens with zero attached hydrogens (tertiary/aromatic N) is 1. The fourth-order valence-electron chi connectivity index (χ4n) is 5.67. The summed E-state index contributed by atoms with van der Waals surface area (Å²) in [5.74, 6) is -4.57. The van der Waals surface area contributed by atoms with Gasteiger partial charge in [0, 0.05) is 24.3 Å². The largest absolute Gasteiger partial charge is 0.363 e. The molecule has 4 fully saturated rings. The standard InChI is InChI=1S/C27H39Cl2N5O6/c1-11(2)16(19(35)13-8-9-13)32-25(40)33-21(26(3,4)5)24(39)34-10-14-15(27(14,28)29)18(34)23(38)31-17(12-6-7-12)20(36)22(30)37/h11-18,21H,6-10H2,1-5H3,(H2,30,37)(H,31,38)(H2,32,33,40)/t14-,15-,16-,17?,18-,21+/m0/s1. The van der Waals surface area contributed by atoms with Crippen LogP contribution in [0.2, 0.25) is 0 Å². The van der Waals surface area contributed by atoms with Crippen LogP contribution in [-0.4, -0.2) is 75.3 Å². The van der Waals surface area contributed by atoms with E-state index >= 15 is 0 Å². The van der Waals surface area contributed by atoms with Gasteiger partial charge in [-0.05, 0) is 42.9 Å². The number of likely N-dealkylation sites (tertiary alicyclic amines) is 1. The highest BCUT2D eigenvalue weighted by molar-refractivity contribution is 6.51. The predicted molar refractivity (Wildman–Crippen MR) is 147 cm³/mol. The van der Waals surface area contributed by atoms with Crippen LogP contribution in [0.3, 0.4) is 0 Å². The van der Waals surface area contributed by atoms with Crippen molar-refractivity contribution in [3.63, 3.8) is 0 Å². The first-order valence-electron chi connectivity index (χ1n) is 13.9. The number of ketones is 2. The molecule has 1 aliphatic heterocycles. The summed E-state index contributed by atoms with van der Waals surface area (Å²) in [6, 6.07) is -4.59. The number of nitrogens with one attached hydrogen (secondary N) is 3. The number of carbonyl (C=O) groups is 6. The number of amides is 5. The molecule has 0 aromatic carbocycles. The molecular weight excluding hydrogens is 561 g/mol. The second-order valence-electron chi connectivity index (χ2n) is 13.1. The molecule has 0 aromatic heterocycles. The molecule has 11 nitrogen and oxygen atoms in total. The number of rotatable bonds is 11. The maximum atomic E-state index is 14.0. The van der Waals surface area contributed by atoms with Gasteiger partial charge in [-0.15, -0.1) is 23.2 Å². The van der Waals surface area contributed by atoms with Crippen molar-refractivity contribution in [3.05, 3.63) is 0 Å². The number of nitrogens with two attached hydrogens (primary N) is 1. The van der Waals surface area contributed by atoms with Gasteiger partial charge in [0.1, 0.15) is 22.5 Å². The number of fused-ring (bicyclic) bond motifs is 1. The molecule has 0 radical (unpaired) electrons.